The third-order valence-corrected chi connectivity index (χ3v) is 10.5. The molecule has 0 spiro atoms. The van der Waals surface area contributed by atoms with E-state index in [1.54, 1.807) is 24.4 Å². The van der Waals surface area contributed by atoms with E-state index in [-0.39, 0.29) is 30.3 Å². The monoisotopic (exact) mass is 669 g/mol. The van der Waals surface area contributed by atoms with Gasteiger partial charge in [-0.05, 0) is 68.4 Å². The summed E-state index contributed by atoms with van der Waals surface area (Å²) in [5.41, 5.74) is 1.39. The van der Waals surface area contributed by atoms with E-state index in [2.05, 4.69) is 15.1 Å². The van der Waals surface area contributed by atoms with Gasteiger partial charge in [0.15, 0.2) is 11.6 Å². The summed E-state index contributed by atoms with van der Waals surface area (Å²) in [4.78, 5) is 7.09. The number of sulfonamides is 1. The van der Waals surface area contributed by atoms with Crippen LogP contribution in [-0.4, -0.2) is 55.1 Å². The van der Waals surface area contributed by atoms with Gasteiger partial charge >= 0.3 is 0 Å². The molecule has 11 nitrogen and oxygen atoms in total. The Morgan fingerprint density at radius 1 is 0.979 bits per heavy atom. The quantitative estimate of drug-likeness (QED) is 0.185. The molecule has 0 amide bonds. The summed E-state index contributed by atoms with van der Waals surface area (Å²) in [7, 11) is -1.77. The molecule has 1 unspecified atom stereocenters. The van der Waals surface area contributed by atoms with Crippen LogP contribution in [0.4, 0.5) is 14.6 Å². The number of aromatic nitrogens is 4. The molecular weight excluding hydrogens is 632 g/mol. The molecule has 2 fully saturated rings. The van der Waals surface area contributed by atoms with Crippen LogP contribution in [0.25, 0.3) is 0 Å². The Morgan fingerprint density at radius 3 is 2.55 bits per heavy atom. The molecule has 3 atom stereocenters. The van der Waals surface area contributed by atoms with Crippen molar-refractivity contribution < 1.29 is 36.1 Å². The molecule has 6 rings (SSSR count). The van der Waals surface area contributed by atoms with Crippen LogP contribution in [0, 0.1) is 11.6 Å². The number of methoxy groups -OCH3 is 2. The van der Waals surface area contributed by atoms with E-state index in [0.717, 1.165) is 54.5 Å². The molecule has 1 saturated carbocycles. The highest BCUT2D eigenvalue weighted by Gasteiger charge is 2.35. The first-order valence-electron chi connectivity index (χ1n) is 15.6. The summed E-state index contributed by atoms with van der Waals surface area (Å²) < 4.78 is 85.0. The molecule has 3 heterocycles. The number of hydrogen-bond acceptors (Lipinski definition) is 9. The molecule has 0 radical (unpaired) electrons. The van der Waals surface area contributed by atoms with E-state index >= 15 is 8.78 Å². The Bertz CT molecular complexity index is 1790. The second-order valence-electron chi connectivity index (χ2n) is 11.6. The fourth-order valence-electron chi connectivity index (χ4n) is 6.20. The number of ether oxygens (including phenoxy) is 4. The van der Waals surface area contributed by atoms with Gasteiger partial charge in [-0.2, -0.15) is 9.49 Å². The second-order valence-corrected chi connectivity index (χ2v) is 13.4. The van der Waals surface area contributed by atoms with Crippen molar-refractivity contribution in [2.45, 2.75) is 74.6 Å². The standard InChI is InChI=1S/C33H37F2N5O6S/c1-43-24-11-10-22(28(17-24)44-2)20-40(30-14-15-36-21-37-30)47(41,42)29-13-12-27(32(34)33(29)35)46-26-8-4-3-7-25(26)23-18-38-39(19-23)31-9-5-6-16-45-31/h10-15,17-19,21,25-26,31H,3-9,16,20H2,1-2H3/t25-,26+,31?/m1/s1. The topological polar surface area (TPSA) is 118 Å². The van der Waals surface area contributed by atoms with Gasteiger partial charge in [0, 0.05) is 42.6 Å². The van der Waals surface area contributed by atoms with E-state index in [0.29, 0.717) is 30.1 Å². The molecule has 0 N–H and O–H groups in total. The van der Waals surface area contributed by atoms with E-state index in [9.17, 15) is 8.42 Å². The highest BCUT2D eigenvalue weighted by Crippen LogP contribution is 2.39. The highest BCUT2D eigenvalue weighted by molar-refractivity contribution is 7.92. The molecule has 250 valence electrons. The van der Waals surface area contributed by atoms with Crippen LogP contribution in [0.2, 0.25) is 0 Å². The fraction of sp³-hybridized carbons (Fsp3) is 0.424. The van der Waals surface area contributed by atoms with Crippen molar-refractivity contribution in [1.29, 1.82) is 0 Å². The summed E-state index contributed by atoms with van der Waals surface area (Å²) in [6.07, 6.45) is 11.9. The van der Waals surface area contributed by atoms with Crippen molar-refractivity contribution in [3.05, 3.63) is 84.1 Å². The minimum absolute atomic E-state index is 0.0396. The maximum atomic E-state index is 15.8. The molecule has 2 aliphatic rings. The summed E-state index contributed by atoms with van der Waals surface area (Å²) in [5.74, 6) is -2.58. The molecular formula is C33H37F2N5O6S. The van der Waals surface area contributed by atoms with Crippen LogP contribution >= 0.6 is 0 Å². The lowest BCUT2D eigenvalue weighted by Crippen LogP contribution is -2.32. The molecule has 1 saturated heterocycles. The van der Waals surface area contributed by atoms with Crippen molar-refractivity contribution in [2.24, 2.45) is 0 Å². The number of halogens is 2. The predicted octanol–water partition coefficient (Wildman–Crippen LogP) is 6.17. The number of rotatable bonds is 11. The smallest absolute Gasteiger partial charge is 0.268 e. The molecule has 1 aliphatic heterocycles. The summed E-state index contributed by atoms with van der Waals surface area (Å²) in [6.45, 7) is 0.396. The predicted molar refractivity (Wildman–Crippen MR) is 168 cm³/mol. The highest BCUT2D eigenvalue weighted by atomic mass is 32.2. The minimum Gasteiger partial charge on any atom is -0.497 e. The van der Waals surface area contributed by atoms with Gasteiger partial charge in [0.05, 0.1) is 27.0 Å². The Kier molecular flexibility index (Phi) is 9.87. The number of benzene rings is 2. The summed E-state index contributed by atoms with van der Waals surface area (Å²) >= 11 is 0. The molecule has 2 aromatic carbocycles. The summed E-state index contributed by atoms with van der Waals surface area (Å²) in [6, 6.07) is 8.43. The Hall–Kier alpha value is -4.30. The lowest BCUT2D eigenvalue weighted by molar-refractivity contribution is -0.0395. The van der Waals surface area contributed by atoms with Gasteiger partial charge in [0.1, 0.15) is 40.9 Å². The molecule has 47 heavy (non-hydrogen) atoms. The molecule has 4 aromatic rings. The zero-order valence-electron chi connectivity index (χ0n) is 26.2. The third kappa shape index (κ3) is 6.89. The van der Waals surface area contributed by atoms with Crippen LogP contribution in [0.15, 0.2) is 66.2 Å². The van der Waals surface area contributed by atoms with Crippen LogP contribution in [0.1, 0.15) is 68.2 Å². The number of nitrogens with zero attached hydrogens (tertiary/aromatic N) is 5. The van der Waals surface area contributed by atoms with Crippen molar-refractivity contribution in [3.63, 3.8) is 0 Å². The van der Waals surface area contributed by atoms with Crippen LogP contribution in [0.5, 0.6) is 17.2 Å². The van der Waals surface area contributed by atoms with Gasteiger partial charge in [-0.1, -0.05) is 6.42 Å². The van der Waals surface area contributed by atoms with Gasteiger partial charge in [0.25, 0.3) is 10.0 Å². The van der Waals surface area contributed by atoms with Crippen molar-refractivity contribution in [2.75, 3.05) is 25.1 Å². The average Bonchev–Trinajstić information content (AvgIpc) is 3.60. The fourth-order valence-corrected chi connectivity index (χ4v) is 7.65. The van der Waals surface area contributed by atoms with Crippen LogP contribution in [-0.2, 0) is 21.3 Å². The maximum Gasteiger partial charge on any atom is 0.268 e. The van der Waals surface area contributed by atoms with E-state index in [1.807, 2.05) is 10.9 Å². The Balaban J connectivity index is 1.28. The first-order chi connectivity index (χ1) is 22.8. The lowest BCUT2D eigenvalue weighted by atomic mass is 9.83. The largest absolute Gasteiger partial charge is 0.497 e. The van der Waals surface area contributed by atoms with Crippen LogP contribution < -0.4 is 18.5 Å². The normalized spacial score (nSPS) is 20.0. The van der Waals surface area contributed by atoms with E-state index in [4.69, 9.17) is 18.9 Å². The van der Waals surface area contributed by atoms with Gasteiger partial charge in [-0.15, -0.1) is 0 Å². The van der Waals surface area contributed by atoms with Gasteiger partial charge in [-0.25, -0.2) is 31.8 Å². The first kappa shape index (κ1) is 32.6. The van der Waals surface area contributed by atoms with Crippen molar-refractivity contribution in [3.8, 4) is 17.2 Å². The van der Waals surface area contributed by atoms with Crippen LogP contribution in [0.3, 0.4) is 0 Å². The number of anilines is 1. The second kappa shape index (κ2) is 14.2. The summed E-state index contributed by atoms with van der Waals surface area (Å²) in [5, 5.41) is 4.53. The SMILES string of the molecule is COc1ccc(CN(c2ccncn2)S(=O)(=O)c2ccc(O[C@H]3CCCC[C@@H]3c3cnn(C4CCCCO4)c3)c(F)c2F)c(OC)c1. The average molecular weight is 670 g/mol. The van der Waals surface area contributed by atoms with E-state index < -0.39 is 32.7 Å². The van der Waals surface area contributed by atoms with Crippen molar-refractivity contribution >= 4 is 15.8 Å². The molecule has 2 aromatic heterocycles. The molecule has 0 bridgehead atoms. The van der Waals surface area contributed by atoms with Gasteiger partial charge in [0.2, 0.25) is 5.82 Å². The lowest BCUT2D eigenvalue weighted by Gasteiger charge is -2.31. The first-order valence-corrected chi connectivity index (χ1v) is 17.0. The van der Waals surface area contributed by atoms with Gasteiger partial charge < -0.3 is 18.9 Å². The Labute approximate surface area is 272 Å². The van der Waals surface area contributed by atoms with Crippen molar-refractivity contribution in [1.82, 2.24) is 19.7 Å². The number of hydrogen-bond donors (Lipinski definition) is 0. The Morgan fingerprint density at radius 2 is 1.81 bits per heavy atom. The van der Waals surface area contributed by atoms with E-state index in [1.165, 1.54) is 38.9 Å². The minimum atomic E-state index is -4.69. The molecule has 14 heteroatoms. The third-order valence-electron chi connectivity index (χ3n) is 8.69. The molecule has 1 aliphatic carbocycles. The zero-order chi connectivity index (χ0) is 33.0. The maximum absolute atomic E-state index is 15.8. The van der Waals surface area contributed by atoms with Gasteiger partial charge in [-0.3, -0.25) is 0 Å². The zero-order valence-corrected chi connectivity index (χ0v) is 27.0.